The molecule has 2 saturated heterocycles. The fourth-order valence-corrected chi connectivity index (χ4v) is 2.92. The third kappa shape index (κ3) is 4.92. The monoisotopic (exact) mass is 299 g/mol. The highest BCUT2D eigenvalue weighted by Gasteiger charge is 2.38. The Morgan fingerprint density at radius 1 is 1.43 bits per heavy atom. The van der Waals surface area contributed by atoms with Gasteiger partial charge >= 0.3 is 0 Å². The zero-order valence-corrected chi connectivity index (χ0v) is 13.3. The van der Waals surface area contributed by atoms with Crippen molar-refractivity contribution in [1.29, 1.82) is 0 Å². The van der Waals surface area contributed by atoms with Crippen LogP contribution in [0, 0.1) is 0 Å². The van der Waals surface area contributed by atoms with E-state index in [1.807, 2.05) is 18.7 Å². The summed E-state index contributed by atoms with van der Waals surface area (Å²) >= 11 is 0. The van der Waals surface area contributed by atoms with Crippen molar-refractivity contribution in [1.82, 2.24) is 10.2 Å². The van der Waals surface area contributed by atoms with Gasteiger partial charge in [-0.2, -0.15) is 0 Å². The van der Waals surface area contributed by atoms with Gasteiger partial charge in [0.2, 0.25) is 5.91 Å². The molecule has 6 nitrogen and oxygen atoms in total. The summed E-state index contributed by atoms with van der Waals surface area (Å²) in [6.07, 6.45) is 3.37. The molecule has 0 unspecified atom stereocenters. The Morgan fingerprint density at radius 2 is 2.24 bits per heavy atom. The summed E-state index contributed by atoms with van der Waals surface area (Å²) in [5, 5.41) is 3.47. The van der Waals surface area contributed by atoms with Gasteiger partial charge in [0, 0.05) is 25.6 Å². The molecule has 2 rings (SSSR count). The van der Waals surface area contributed by atoms with E-state index in [0.717, 1.165) is 38.9 Å². The smallest absolute Gasteiger partial charge is 0.224 e. The first-order valence-electron chi connectivity index (χ1n) is 8.05. The topological polar surface area (TPSA) is 76.8 Å². The first kappa shape index (κ1) is 16.7. The minimum Gasteiger partial charge on any atom is -0.348 e. The van der Waals surface area contributed by atoms with Crippen LogP contribution >= 0.6 is 0 Å². The molecule has 2 aliphatic rings. The van der Waals surface area contributed by atoms with Crippen molar-refractivity contribution in [3.8, 4) is 0 Å². The second-order valence-electron chi connectivity index (χ2n) is 6.36. The van der Waals surface area contributed by atoms with E-state index in [2.05, 4.69) is 5.32 Å². The number of carbonyl (C=O) groups is 1. The van der Waals surface area contributed by atoms with Crippen LogP contribution < -0.4 is 11.1 Å². The second kappa shape index (κ2) is 7.54. The summed E-state index contributed by atoms with van der Waals surface area (Å²) in [6.45, 7) is 7.51. The van der Waals surface area contributed by atoms with Crippen LogP contribution in [0.2, 0.25) is 0 Å². The van der Waals surface area contributed by atoms with Crippen LogP contribution in [0.15, 0.2) is 0 Å². The average Bonchev–Trinajstić information content (AvgIpc) is 2.82. The second-order valence-corrected chi connectivity index (χ2v) is 6.36. The molecule has 1 amide bonds. The summed E-state index contributed by atoms with van der Waals surface area (Å²) < 4.78 is 11.5. The van der Waals surface area contributed by atoms with Crippen LogP contribution in [-0.2, 0) is 14.3 Å². The Hall–Kier alpha value is -0.690. The first-order valence-corrected chi connectivity index (χ1v) is 8.05. The number of nitrogens with one attached hydrogen (secondary N) is 1. The van der Waals surface area contributed by atoms with Gasteiger partial charge in [-0.15, -0.1) is 0 Å². The quantitative estimate of drug-likeness (QED) is 0.788. The van der Waals surface area contributed by atoms with Crippen molar-refractivity contribution in [2.45, 2.75) is 57.5 Å². The summed E-state index contributed by atoms with van der Waals surface area (Å²) in [4.78, 5) is 14.5. The standard InChI is InChI=1S/C15H29N3O3/c1-15(2)20-11-13(21-15)12-10-14(19)18(9-5-6-16)8-4-3-7-17-12/h12-13,17H,3-11,16H2,1-2H3/t12-,13-/m1/s1. The molecule has 0 aromatic heterocycles. The summed E-state index contributed by atoms with van der Waals surface area (Å²) in [5.74, 6) is -0.358. The fraction of sp³-hybridized carbons (Fsp3) is 0.933. The molecule has 2 atom stereocenters. The van der Waals surface area contributed by atoms with Gasteiger partial charge in [0.1, 0.15) is 6.10 Å². The summed E-state index contributed by atoms with van der Waals surface area (Å²) in [5.41, 5.74) is 5.56. The third-order valence-corrected chi connectivity index (χ3v) is 4.12. The first-order chi connectivity index (χ1) is 10.0. The Labute approximate surface area is 127 Å². The highest BCUT2D eigenvalue weighted by molar-refractivity contribution is 5.77. The molecule has 0 aromatic carbocycles. The normalized spacial score (nSPS) is 30.8. The highest BCUT2D eigenvalue weighted by atomic mass is 16.7. The van der Waals surface area contributed by atoms with Crippen molar-refractivity contribution < 1.29 is 14.3 Å². The number of nitrogens with two attached hydrogens (primary N) is 1. The minimum absolute atomic E-state index is 0.0257. The van der Waals surface area contributed by atoms with Gasteiger partial charge in [-0.05, 0) is 46.2 Å². The van der Waals surface area contributed by atoms with Gasteiger partial charge in [-0.25, -0.2) is 0 Å². The van der Waals surface area contributed by atoms with Crippen molar-refractivity contribution in [2.24, 2.45) is 5.73 Å². The molecule has 0 spiro atoms. The van der Waals surface area contributed by atoms with Crippen molar-refractivity contribution in [3.63, 3.8) is 0 Å². The lowest BCUT2D eigenvalue weighted by molar-refractivity contribution is -0.145. The maximum atomic E-state index is 12.5. The molecule has 2 heterocycles. The Bertz CT molecular complexity index is 349. The van der Waals surface area contributed by atoms with Crippen LogP contribution in [0.4, 0.5) is 0 Å². The molecule has 3 N–H and O–H groups in total. The zero-order chi connectivity index (χ0) is 15.3. The lowest BCUT2D eigenvalue weighted by Gasteiger charge is -2.27. The van der Waals surface area contributed by atoms with E-state index in [0.29, 0.717) is 19.6 Å². The van der Waals surface area contributed by atoms with Gasteiger partial charge in [0.25, 0.3) is 0 Å². The molecule has 2 fully saturated rings. The predicted molar refractivity (Wildman–Crippen MR) is 80.8 cm³/mol. The van der Waals surface area contributed by atoms with E-state index in [1.165, 1.54) is 0 Å². The molecule has 0 aromatic rings. The van der Waals surface area contributed by atoms with Crippen LogP contribution in [0.1, 0.15) is 39.5 Å². The van der Waals surface area contributed by atoms with Gasteiger partial charge in [0.15, 0.2) is 5.79 Å². The Kier molecular flexibility index (Phi) is 5.98. The van der Waals surface area contributed by atoms with Gasteiger partial charge in [-0.3, -0.25) is 4.79 Å². The SMILES string of the molecule is CC1(C)OC[C@H]([C@H]2CC(=O)N(CCCN)CCCCN2)O1. The largest absolute Gasteiger partial charge is 0.348 e. The number of rotatable bonds is 4. The van der Waals surface area contributed by atoms with Crippen LogP contribution in [0.5, 0.6) is 0 Å². The molecule has 0 aliphatic carbocycles. The van der Waals surface area contributed by atoms with E-state index >= 15 is 0 Å². The minimum atomic E-state index is -0.549. The summed E-state index contributed by atoms with van der Waals surface area (Å²) in [6, 6.07) is 0.0257. The summed E-state index contributed by atoms with van der Waals surface area (Å²) in [7, 11) is 0. The Balaban J connectivity index is 1.96. The Morgan fingerprint density at radius 3 is 2.90 bits per heavy atom. The molecule has 0 radical (unpaired) electrons. The number of amides is 1. The van der Waals surface area contributed by atoms with E-state index in [9.17, 15) is 4.79 Å². The van der Waals surface area contributed by atoms with E-state index < -0.39 is 5.79 Å². The van der Waals surface area contributed by atoms with Crippen LogP contribution in [0.25, 0.3) is 0 Å². The maximum absolute atomic E-state index is 12.5. The van der Waals surface area contributed by atoms with E-state index in [-0.39, 0.29) is 18.1 Å². The predicted octanol–water partition coefficient (Wildman–Crippen LogP) is 0.457. The molecule has 6 heteroatoms. The highest BCUT2D eigenvalue weighted by Crippen LogP contribution is 2.25. The number of hydrogen-bond acceptors (Lipinski definition) is 5. The fourth-order valence-electron chi connectivity index (χ4n) is 2.92. The van der Waals surface area contributed by atoms with Crippen molar-refractivity contribution >= 4 is 5.91 Å². The van der Waals surface area contributed by atoms with E-state index in [1.54, 1.807) is 0 Å². The molecule has 2 aliphatic heterocycles. The lowest BCUT2D eigenvalue weighted by Crippen LogP contribution is -2.45. The molecule has 0 saturated carbocycles. The molecule has 122 valence electrons. The molecule has 0 bridgehead atoms. The van der Waals surface area contributed by atoms with Crippen LogP contribution in [0.3, 0.4) is 0 Å². The van der Waals surface area contributed by atoms with Crippen molar-refractivity contribution in [3.05, 3.63) is 0 Å². The number of nitrogens with zero attached hydrogens (tertiary/aromatic N) is 1. The molecule has 21 heavy (non-hydrogen) atoms. The molecular formula is C15H29N3O3. The zero-order valence-electron chi connectivity index (χ0n) is 13.3. The number of carbonyl (C=O) groups excluding carboxylic acids is 1. The lowest BCUT2D eigenvalue weighted by atomic mass is 10.1. The number of ether oxygens (including phenoxy) is 2. The van der Waals surface area contributed by atoms with Gasteiger partial charge in [0.05, 0.1) is 6.61 Å². The molecular weight excluding hydrogens is 270 g/mol. The van der Waals surface area contributed by atoms with E-state index in [4.69, 9.17) is 15.2 Å². The van der Waals surface area contributed by atoms with Crippen LogP contribution in [-0.4, -0.2) is 61.5 Å². The van der Waals surface area contributed by atoms with Crippen molar-refractivity contribution in [2.75, 3.05) is 32.8 Å². The maximum Gasteiger partial charge on any atom is 0.224 e. The van der Waals surface area contributed by atoms with Gasteiger partial charge < -0.3 is 25.4 Å². The average molecular weight is 299 g/mol. The number of hydrogen-bond donors (Lipinski definition) is 2. The third-order valence-electron chi connectivity index (χ3n) is 4.12. The van der Waals surface area contributed by atoms with Gasteiger partial charge in [-0.1, -0.05) is 0 Å².